The van der Waals surface area contributed by atoms with E-state index in [1.54, 1.807) is 12.1 Å². The van der Waals surface area contributed by atoms with Crippen LogP contribution in [0.2, 0.25) is 0 Å². The van der Waals surface area contributed by atoms with E-state index in [4.69, 9.17) is 10.5 Å². The first-order valence-corrected chi connectivity index (χ1v) is 5.52. The van der Waals surface area contributed by atoms with E-state index in [0.717, 1.165) is 5.69 Å². The van der Waals surface area contributed by atoms with E-state index in [2.05, 4.69) is 5.32 Å². The van der Waals surface area contributed by atoms with Gasteiger partial charge in [0.25, 0.3) is 0 Å². The highest BCUT2D eigenvalue weighted by molar-refractivity contribution is 5.56. The Labute approximate surface area is 106 Å². The maximum Gasteiger partial charge on any atom is 0.101 e. The molecule has 0 atom stereocenters. The predicted octanol–water partition coefficient (Wildman–Crippen LogP) is 2.38. The second-order valence-electron chi connectivity index (χ2n) is 4.02. The Bertz CT molecular complexity index is 641. The van der Waals surface area contributed by atoms with Gasteiger partial charge in [-0.05, 0) is 29.8 Å². The molecule has 88 valence electrons. The van der Waals surface area contributed by atoms with E-state index in [-0.39, 0.29) is 0 Å². The molecule has 1 N–H and O–H groups in total. The largest absolute Gasteiger partial charge is 0.381 e. The number of hydrogen-bond donors (Lipinski definition) is 1. The number of anilines is 1. The standard InChI is InChI=1S/C14H12N4/c1-18-5-4-11(10-18)9-17-14-3-2-12(7-15)13(6-14)8-16/h2-6,10,17H,9H2,1H3. The third-order valence-electron chi connectivity index (χ3n) is 2.65. The van der Waals surface area contributed by atoms with E-state index in [1.165, 1.54) is 5.56 Å². The minimum atomic E-state index is 0.399. The predicted molar refractivity (Wildman–Crippen MR) is 68.6 cm³/mol. The summed E-state index contributed by atoms with van der Waals surface area (Å²) in [4.78, 5) is 0. The van der Waals surface area contributed by atoms with Crippen LogP contribution in [-0.4, -0.2) is 4.57 Å². The lowest BCUT2D eigenvalue weighted by molar-refractivity contribution is 0.920. The third kappa shape index (κ3) is 2.50. The van der Waals surface area contributed by atoms with E-state index in [0.29, 0.717) is 17.7 Å². The maximum atomic E-state index is 8.93. The van der Waals surface area contributed by atoms with Gasteiger partial charge in [0.1, 0.15) is 12.1 Å². The quantitative estimate of drug-likeness (QED) is 0.889. The lowest BCUT2D eigenvalue weighted by Crippen LogP contribution is -1.99. The van der Waals surface area contributed by atoms with Gasteiger partial charge >= 0.3 is 0 Å². The zero-order valence-corrected chi connectivity index (χ0v) is 10.0. The molecule has 1 aromatic carbocycles. The fraction of sp³-hybridized carbons (Fsp3) is 0.143. The van der Waals surface area contributed by atoms with Crippen LogP contribution in [0.1, 0.15) is 16.7 Å². The maximum absolute atomic E-state index is 8.93. The highest BCUT2D eigenvalue weighted by Gasteiger charge is 2.02. The summed E-state index contributed by atoms with van der Waals surface area (Å²) >= 11 is 0. The molecule has 0 aliphatic rings. The molecular weight excluding hydrogens is 224 g/mol. The number of nitriles is 2. The van der Waals surface area contributed by atoms with Crippen LogP contribution in [0.3, 0.4) is 0 Å². The summed E-state index contributed by atoms with van der Waals surface area (Å²) in [5, 5.41) is 21.0. The van der Waals surface area contributed by atoms with E-state index in [1.807, 2.05) is 48.3 Å². The summed E-state index contributed by atoms with van der Waals surface area (Å²) in [5.74, 6) is 0. The van der Waals surface area contributed by atoms with Gasteiger partial charge in [0.15, 0.2) is 0 Å². The minimum absolute atomic E-state index is 0.399. The second-order valence-corrected chi connectivity index (χ2v) is 4.02. The molecule has 0 saturated heterocycles. The van der Waals surface area contributed by atoms with Crippen molar-refractivity contribution in [3.8, 4) is 12.1 Å². The Kier molecular flexibility index (Phi) is 3.31. The smallest absolute Gasteiger partial charge is 0.101 e. The summed E-state index contributed by atoms with van der Waals surface area (Å²) in [6, 6.07) is 11.2. The summed E-state index contributed by atoms with van der Waals surface area (Å²) in [5.41, 5.74) is 2.81. The number of rotatable bonds is 3. The SMILES string of the molecule is Cn1ccc(CNc2ccc(C#N)c(C#N)c2)c1. The first kappa shape index (κ1) is 11.8. The molecule has 0 aliphatic heterocycles. The Morgan fingerprint density at radius 2 is 1.94 bits per heavy atom. The zero-order valence-electron chi connectivity index (χ0n) is 10.0. The van der Waals surface area contributed by atoms with Crippen molar-refractivity contribution in [2.75, 3.05) is 5.32 Å². The molecule has 0 unspecified atom stereocenters. The van der Waals surface area contributed by atoms with Crippen LogP contribution in [0.15, 0.2) is 36.7 Å². The van der Waals surface area contributed by atoms with Gasteiger partial charge in [0.05, 0.1) is 11.1 Å². The van der Waals surface area contributed by atoms with Crippen molar-refractivity contribution in [1.29, 1.82) is 10.5 Å². The molecule has 0 saturated carbocycles. The normalized spacial score (nSPS) is 9.50. The summed E-state index contributed by atoms with van der Waals surface area (Å²) in [7, 11) is 1.97. The minimum Gasteiger partial charge on any atom is -0.381 e. The highest BCUT2D eigenvalue weighted by atomic mass is 14.9. The fourth-order valence-electron chi connectivity index (χ4n) is 1.71. The molecule has 0 aliphatic carbocycles. The third-order valence-corrected chi connectivity index (χ3v) is 2.65. The van der Waals surface area contributed by atoms with Crippen molar-refractivity contribution in [3.05, 3.63) is 53.3 Å². The summed E-state index contributed by atoms with van der Waals surface area (Å²) in [6.45, 7) is 0.692. The fourth-order valence-corrected chi connectivity index (χ4v) is 1.71. The number of benzene rings is 1. The van der Waals surface area contributed by atoms with Gasteiger partial charge in [0, 0.05) is 31.7 Å². The lowest BCUT2D eigenvalue weighted by Gasteiger charge is -2.05. The molecule has 1 heterocycles. The van der Waals surface area contributed by atoms with Gasteiger partial charge in [-0.15, -0.1) is 0 Å². The molecule has 0 bridgehead atoms. The molecule has 0 amide bonds. The topological polar surface area (TPSA) is 64.5 Å². The van der Waals surface area contributed by atoms with Gasteiger partial charge in [-0.25, -0.2) is 0 Å². The van der Waals surface area contributed by atoms with Crippen LogP contribution >= 0.6 is 0 Å². The van der Waals surface area contributed by atoms with E-state index < -0.39 is 0 Å². The molecule has 1 aromatic heterocycles. The summed E-state index contributed by atoms with van der Waals surface area (Å²) in [6.07, 6.45) is 4.01. The molecule has 4 nitrogen and oxygen atoms in total. The van der Waals surface area contributed by atoms with Crippen LogP contribution in [0.4, 0.5) is 5.69 Å². The first-order chi connectivity index (χ1) is 8.72. The van der Waals surface area contributed by atoms with Gasteiger partial charge in [0.2, 0.25) is 0 Å². The van der Waals surface area contributed by atoms with Crippen LogP contribution in [0.25, 0.3) is 0 Å². The van der Waals surface area contributed by atoms with Gasteiger partial charge in [-0.2, -0.15) is 10.5 Å². The van der Waals surface area contributed by atoms with E-state index in [9.17, 15) is 0 Å². The average Bonchev–Trinajstić information content (AvgIpc) is 2.81. The Morgan fingerprint density at radius 3 is 2.56 bits per heavy atom. The van der Waals surface area contributed by atoms with Crippen LogP contribution in [0, 0.1) is 22.7 Å². The Balaban J connectivity index is 2.11. The van der Waals surface area contributed by atoms with Crippen LogP contribution in [0.5, 0.6) is 0 Å². The van der Waals surface area contributed by atoms with Crippen molar-refractivity contribution < 1.29 is 0 Å². The van der Waals surface area contributed by atoms with Gasteiger partial charge in [-0.3, -0.25) is 0 Å². The molecule has 2 rings (SSSR count). The number of nitrogens with one attached hydrogen (secondary N) is 1. The zero-order chi connectivity index (χ0) is 13.0. The lowest BCUT2D eigenvalue weighted by atomic mass is 10.1. The number of nitrogens with zero attached hydrogens (tertiary/aromatic N) is 3. The average molecular weight is 236 g/mol. The monoisotopic (exact) mass is 236 g/mol. The van der Waals surface area contributed by atoms with Crippen LogP contribution in [-0.2, 0) is 13.6 Å². The van der Waals surface area contributed by atoms with E-state index >= 15 is 0 Å². The van der Waals surface area contributed by atoms with Gasteiger partial charge in [-0.1, -0.05) is 0 Å². The number of aromatic nitrogens is 1. The molecule has 18 heavy (non-hydrogen) atoms. The van der Waals surface area contributed by atoms with Crippen molar-refractivity contribution >= 4 is 5.69 Å². The van der Waals surface area contributed by atoms with Crippen LogP contribution < -0.4 is 5.32 Å². The molecule has 0 spiro atoms. The Hall–Kier alpha value is -2.72. The van der Waals surface area contributed by atoms with Gasteiger partial charge < -0.3 is 9.88 Å². The first-order valence-electron chi connectivity index (χ1n) is 5.52. The molecule has 4 heteroatoms. The highest BCUT2D eigenvalue weighted by Crippen LogP contribution is 2.15. The number of hydrogen-bond acceptors (Lipinski definition) is 3. The molecule has 0 radical (unpaired) electrons. The molecule has 0 fully saturated rings. The second kappa shape index (κ2) is 5.07. The Morgan fingerprint density at radius 1 is 1.17 bits per heavy atom. The number of aryl methyl sites for hydroxylation is 1. The molecule has 2 aromatic rings. The van der Waals surface area contributed by atoms with Crippen molar-refractivity contribution in [2.45, 2.75) is 6.54 Å². The summed E-state index contributed by atoms with van der Waals surface area (Å²) < 4.78 is 1.98. The molecular formula is C14H12N4. The van der Waals surface area contributed by atoms with Crippen molar-refractivity contribution in [1.82, 2.24) is 4.57 Å². The van der Waals surface area contributed by atoms with Crippen molar-refractivity contribution in [3.63, 3.8) is 0 Å². The van der Waals surface area contributed by atoms with Crippen molar-refractivity contribution in [2.24, 2.45) is 7.05 Å².